The van der Waals surface area contributed by atoms with Gasteiger partial charge in [0.1, 0.15) is 11.4 Å². The second kappa shape index (κ2) is 11.4. The number of amides is 2. The largest absolute Gasteiger partial charge is 0.481 e. The van der Waals surface area contributed by atoms with Crippen LogP contribution in [0.15, 0.2) is 52.6 Å². The van der Waals surface area contributed by atoms with Crippen LogP contribution in [0, 0.1) is 11.8 Å². The van der Waals surface area contributed by atoms with Gasteiger partial charge in [-0.1, -0.05) is 38.1 Å². The van der Waals surface area contributed by atoms with Crippen molar-refractivity contribution in [1.82, 2.24) is 10.2 Å². The average molecular weight is 546 g/mol. The van der Waals surface area contributed by atoms with Gasteiger partial charge in [0, 0.05) is 30.6 Å². The number of nitrogens with one attached hydrogen (secondary N) is 1. The van der Waals surface area contributed by atoms with E-state index in [2.05, 4.69) is 19.2 Å². The number of nitrogens with zero attached hydrogens (tertiary/aromatic N) is 2. The molecule has 0 radical (unpaired) electrons. The van der Waals surface area contributed by atoms with Crippen molar-refractivity contribution in [3.63, 3.8) is 0 Å². The first kappa shape index (κ1) is 28.6. The van der Waals surface area contributed by atoms with Crippen LogP contribution in [0.1, 0.15) is 68.3 Å². The molecule has 0 saturated heterocycles. The van der Waals surface area contributed by atoms with Crippen molar-refractivity contribution in [1.29, 1.82) is 0 Å². The fourth-order valence-corrected chi connectivity index (χ4v) is 6.05. The Morgan fingerprint density at radius 3 is 2.41 bits per heavy atom. The monoisotopic (exact) mass is 545 g/mol. The minimum atomic E-state index is -4.44. The summed E-state index contributed by atoms with van der Waals surface area (Å²) < 4.78 is 40.3. The number of aliphatic carboxylic acids is 1. The van der Waals surface area contributed by atoms with Gasteiger partial charge in [0.15, 0.2) is 0 Å². The molecule has 1 aromatic rings. The van der Waals surface area contributed by atoms with Gasteiger partial charge >= 0.3 is 12.1 Å². The number of carboxylic acids is 1. The molecule has 2 atom stereocenters. The summed E-state index contributed by atoms with van der Waals surface area (Å²) >= 11 is 0. The topological polar surface area (TPSA) is 99.1 Å². The zero-order chi connectivity index (χ0) is 28.4. The summed E-state index contributed by atoms with van der Waals surface area (Å²) in [5.74, 6) is -1.05. The first-order valence-electron chi connectivity index (χ1n) is 13.3. The SMILES string of the molecule is CC1CC(C)CC2(C1)N=C(C1=CCC=C(C(F)(F)F)C1)C(=O)N2CCc1ccc(C(=O)NCCC(=O)O)cc1. The van der Waals surface area contributed by atoms with Gasteiger partial charge in [-0.15, -0.1) is 0 Å². The van der Waals surface area contributed by atoms with E-state index in [1.54, 1.807) is 35.2 Å². The molecular formula is C29H34F3N3O4. The lowest BCUT2D eigenvalue weighted by molar-refractivity contribution is -0.136. The molecule has 1 spiro atoms. The van der Waals surface area contributed by atoms with E-state index in [9.17, 15) is 27.6 Å². The number of allylic oxidation sites excluding steroid dienone is 3. The number of rotatable bonds is 8. The molecule has 2 aliphatic carbocycles. The molecule has 1 aliphatic heterocycles. The van der Waals surface area contributed by atoms with E-state index in [-0.39, 0.29) is 43.3 Å². The molecule has 0 bridgehead atoms. The van der Waals surface area contributed by atoms with Crippen molar-refractivity contribution < 1.29 is 32.7 Å². The molecule has 10 heteroatoms. The average Bonchev–Trinajstić information content (AvgIpc) is 3.11. The standard InChI is InChI=1S/C29H34F3N3O4/c1-18-14-19(2)17-28(16-18)34-25(22-4-3-5-23(15-22)29(30,31)32)27(39)35(28)13-11-20-6-8-21(9-7-20)26(38)33-12-10-24(36)37/h4-9,18-19H,3,10-17H2,1-2H3,(H,33,38)(H,36,37). The molecule has 0 aromatic heterocycles. The summed E-state index contributed by atoms with van der Waals surface area (Å²) in [4.78, 5) is 43.3. The number of alkyl halides is 3. The molecule has 1 aromatic carbocycles. The molecule has 1 fully saturated rings. The first-order chi connectivity index (χ1) is 18.4. The Bertz CT molecular complexity index is 1210. The van der Waals surface area contributed by atoms with Crippen LogP contribution in [0.2, 0.25) is 0 Å². The summed E-state index contributed by atoms with van der Waals surface area (Å²) in [6.45, 7) is 4.63. The minimum Gasteiger partial charge on any atom is -0.481 e. The Balaban J connectivity index is 1.50. The maximum absolute atomic E-state index is 13.7. The number of aliphatic imine (C=N–C) groups is 1. The van der Waals surface area contributed by atoms with E-state index < -0.39 is 23.4 Å². The van der Waals surface area contributed by atoms with Crippen LogP contribution in [0.25, 0.3) is 0 Å². The minimum absolute atomic E-state index is 0.0327. The lowest BCUT2D eigenvalue weighted by atomic mass is 9.76. The summed E-state index contributed by atoms with van der Waals surface area (Å²) in [6, 6.07) is 6.88. The highest BCUT2D eigenvalue weighted by molar-refractivity contribution is 6.46. The molecule has 4 rings (SSSR count). The van der Waals surface area contributed by atoms with Crippen molar-refractivity contribution in [2.75, 3.05) is 13.1 Å². The third-order valence-corrected chi connectivity index (χ3v) is 7.67. The van der Waals surface area contributed by atoms with Crippen molar-refractivity contribution in [3.8, 4) is 0 Å². The molecule has 7 nitrogen and oxygen atoms in total. The van der Waals surface area contributed by atoms with Gasteiger partial charge in [0.05, 0.1) is 6.42 Å². The molecule has 39 heavy (non-hydrogen) atoms. The van der Waals surface area contributed by atoms with Crippen LogP contribution in [0.3, 0.4) is 0 Å². The van der Waals surface area contributed by atoms with Crippen LogP contribution < -0.4 is 5.32 Å². The van der Waals surface area contributed by atoms with Gasteiger partial charge in [0.2, 0.25) is 0 Å². The molecule has 1 saturated carbocycles. The van der Waals surface area contributed by atoms with Crippen molar-refractivity contribution in [2.24, 2.45) is 16.8 Å². The molecule has 2 amide bonds. The van der Waals surface area contributed by atoms with E-state index in [4.69, 9.17) is 10.1 Å². The molecular weight excluding hydrogens is 511 g/mol. The second-order valence-corrected chi connectivity index (χ2v) is 11.0. The number of hydrogen-bond acceptors (Lipinski definition) is 4. The Morgan fingerprint density at radius 1 is 1.13 bits per heavy atom. The predicted molar refractivity (Wildman–Crippen MR) is 140 cm³/mol. The van der Waals surface area contributed by atoms with Gasteiger partial charge in [-0.3, -0.25) is 19.4 Å². The van der Waals surface area contributed by atoms with Crippen molar-refractivity contribution in [3.05, 3.63) is 58.7 Å². The molecule has 210 valence electrons. The normalized spacial score (nSPS) is 25.3. The quantitative estimate of drug-likeness (QED) is 0.445. The number of hydrogen-bond donors (Lipinski definition) is 2. The highest BCUT2D eigenvalue weighted by Gasteiger charge is 2.51. The summed E-state index contributed by atoms with van der Waals surface area (Å²) in [6.07, 6.45) is 0.839. The Morgan fingerprint density at radius 2 is 1.79 bits per heavy atom. The lowest BCUT2D eigenvalue weighted by Crippen LogP contribution is -2.51. The van der Waals surface area contributed by atoms with Crippen molar-refractivity contribution in [2.45, 2.75) is 70.6 Å². The predicted octanol–water partition coefficient (Wildman–Crippen LogP) is 5.08. The van der Waals surface area contributed by atoms with Gasteiger partial charge in [-0.2, -0.15) is 13.2 Å². The van der Waals surface area contributed by atoms with E-state index in [0.717, 1.165) is 18.1 Å². The fraction of sp³-hybridized carbons (Fsp3) is 0.517. The van der Waals surface area contributed by atoms with Gasteiger partial charge in [-0.05, 0) is 67.2 Å². The second-order valence-electron chi connectivity index (χ2n) is 11.0. The zero-order valence-electron chi connectivity index (χ0n) is 22.2. The number of halogens is 3. The van der Waals surface area contributed by atoms with Crippen LogP contribution in [0.5, 0.6) is 0 Å². The molecule has 3 aliphatic rings. The highest BCUT2D eigenvalue weighted by atomic mass is 19.4. The summed E-state index contributed by atoms with van der Waals surface area (Å²) in [7, 11) is 0. The number of carboxylic acid groups (broad SMARTS) is 1. The maximum Gasteiger partial charge on any atom is 0.412 e. The van der Waals surface area contributed by atoms with Gasteiger partial charge in [0.25, 0.3) is 11.8 Å². The summed E-state index contributed by atoms with van der Waals surface area (Å²) in [5, 5.41) is 11.3. The van der Waals surface area contributed by atoms with E-state index in [1.165, 1.54) is 0 Å². The molecule has 2 unspecified atom stereocenters. The van der Waals surface area contributed by atoms with Gasteiger partial charge in [-0.25, -0.2) is 0 Å². The summed E-state index contributed by atoms with van der Waals surface area (Å²) in [5.41, 5.74) is 0.384. The lowest BCUT2D eigenvalue weighted by Gasteiger charge is -2.44. The fourth-order valence-electron chi connectivity index (χ4n) is 6.05. The van der Waals surface area contributed by atoms with Crippen LogP contribution in [0.4, 0.5) is 13.2 Å². The van der Waals surface area contributed by atoms with Crippen LogP contribution >= 0.6 is 0 Å². The number of benzene rings is 1. The Kier molecular flexibility index (Phi) is 8.32. The molecule has 1 heterocycles. The van der Waals surface area contributed by atoms with E-state index >= 15 is 0 Å². The van der Waals surface area contributed by atoms with E-state index in [1.807, 2.05) is 0 Å². The Labute approximate surface area is 225 Å². The van der Waals surface area contributed by atoms with E-state index in [0.29, 0.717) is 48.8 Å². The number of carbonyl (C=O) groups is 3. The first-order valence-corrected chi connectivity index (χ1v) is 13.3. The van der Waals surface area contributed by atoms with Crippen LogP contribution in [-0.2, 0) is 16.0 Å². The molecule has 2 N–H and O–H groups in total. The number of carbonyl (C=O) groups excluding carboxylic acids is 2. The Hall–Kier alpha value is -3.43. The van der Waals surface area contributed by atoms with Crippen LogP contribution in [-0.4, -0.2) is 58.4 Å². The van der Waals surface area contributed by atoms with Gasteiger partial charge < -0.3 is 15.3 Å². The maximum atomic E-state index is 13.7. The third kappa shape index (κ3) is 6.59. The smallest absolute Gasteiger partial charge is 0.412 e. The highest BCUT2D eigenvalue weighted by Crippen LogP contribution is 2.45. The zero-order valence-corrected chi connectivity index (χ0v) is 22.2. The van der Waals surface area contributed by atoms with Crippen molar-refractivity contribution >= 4 is 23.5 Å². The third-order valence-electron chi connectivity index (χ3n) is 7.67.